The van der Waals surface area contributed by atoms with E-state index in [1.165, 1.54) is 0 Å². The van der Waals surface area contributed by atoms with Gasteiger partial charge < -0.3 is 5.32 Å². The molecule has 1 heterocycles. The standard InChI is InChI=1S/C12H17BrN2O/c1-8(13)6-10(3)15-12(16)11-4-5-14-9(2)7-11/h4-5,7-8,10H,6H2,1-3H3,(H,15,16). The Bertz CT molecular complexity index is 366. The van der Waals surface area contributed by atoms with Crippen LogP contribution in [-0.4, -0.2) is 21.8 Å². The second-order valence-electron chi connectivity index (χ2n) is 4.08. The van der Waals surface area contributed by atoms with Crippen molar-refractivity contribution in [3.8, 4) is 0 Å². The number of hydrogen-bond donors (Lipinski definition) is 1. The molecule has 0 aliphatic carbocycles. The van der Waals surface area contributed by atoms with E-state index in [4.69, 9.17) is 0 Å². The number of halogens is 1. The van der Waals surface area contributed by atoms with E-state index in [0.717, 1.165) is 12.1 Å². The first-order valence-corrected chi connectivity index (χ1v) is 6.28. The zero-order valence-corrected chi connectivity index (χ0v) is 11.4. The molecule has 1 aromatic rings. The molecule has 0 aliphatic heterocycles. The molecule has 1 aromatic heterocycles. The maximum atomic E-state index is 11.8. The Labute approximate surface area is 105 Å². The smallest absolute Gasteiger partial charge is 0.251 e. The van der Waals surface area contributed by atoms with Crippen molar-refractivity contribution in [2.75, 3.05) is 0 Å². The summed E-state index contributed by atoms with van der Waals surface area (Å²) in [5.41, 5.74) is 1.52. The Morgan fingerprint density at radius 2 is 2.25 bits per heavy atom. The highest BCUT2D eigenvalue weighted by Crippen LogP contribution is 2.08. The molecule has 0 radical (unpaired) electrons. The molecule has 4 heteroatoms. The number of nitrogens with zero attached hydrogens (tertiary/aromatic N) is 1. The zero-order chi connectivity index (χ0) is 12.1. The van der Waals surface area contributed by atoms with Gasteiger partial charge in [0.15, 0.2) is 0 Å². The third-order valence-corrected chi connectivity index (χ3v) is 2.59. The molecule has 0 bridgehead atoms. The van der Waals surface area contributed by atoms with Crippen LogP contribution in [0.1, 0.15) is 36.3 Å². The van der Waals surface area contributed by atoms with Crippen molar-refractivity contribution in [3.63, 3.8) is 0 Å². The summed E-state index contributed by atoms with van der Waals surface area (Å²) in [7, 11) is 0. The van der Waals surface area contributed by atoms with E-state index in [2.05, 4.69) is 33.2 Å². The average Bonchev–Trinajstić information content (AvgIpc) is 2.16. The highest BCUT2D eigenvalue weighted by Gasteiger charge is 2.11. The predicted octanol–water partition coefficient (Wildman–Crippen LogP) is 2.68. The van der Waals surface area contributed by atoms with E-state index in [-0.39, 0.29) is 11.9 Å². The van der Waals surface area contributed by atoms with Crippen LogP contribution in [0.25, 0.3) is 0 Å². The van der Waals surface area contributed by atoms with Gasteiger partial charge in [-0.2, -0.15) is 0 Å². The Kier molecular flexibility index (Phi) is 4.93. The first kappa shape index (κ1) is 13.2. The molecule has 3 nitrogen and oxygen atoms in total. The summed E-state index contributed by atoms with van der Waals surface area (Å²) in [5, 5.41) is 2.96. The second-order valence-corrected chi connectivity index (χ2v) is 5.64. The van der Waals surface area contributed by atoms with E-state index >= 15 is 0 Å². The van der Waals surface area contributed by atoms with Crippen LogP contribution in [0.15, 0.2) is 18.3 Å². The Hall–Kier alpha value is -0.900. The number of carbonyl (C=O) groups is 1. The third-order valence-electron chi connectivity index (χ3n) is 2.21. The summed E-state index contributed by atoms with van der Waals surface area (Å²) in [4.78, 5) is 16.3. The number of hydrogen-bond acceptors (Lipinski definition) is 2. The Balaban J connectivity index is 2.59. The van der Waals surface area contributed by atoms with Crippen LogP contribution < -0.4 is 5.32 Å². The average molecular weight is 285 g/mol. The van der Waals surface area contributed by atoms with Crippen LogP contribution in [0.4, 0.5) is 0 Å². The number of aryl methyl sites for hydroxylation is 1. The molecule has 88 valence electrons. The SMILES string of the molecule is Cc1cc(C(=O)NC(C)CC(C)Br)ccn1. The van der Waals surface area contributed by atoms with Gasteiger partial charge in [0.1, 0.15) is 0 Å². The largest absolute Gasteiger partial charge is 0.350 e. The highest BCUT2D eigenvalue weighted by molar-refractivity contribution is 9.09. The first-order chi connectivity index (χ1) is 7.49. The summed E-state index contributed by atoms with van der Waals surface area (Å²) in [6, 6.07) is 3.68. The maximum Gasteiger partial charge on any atom is 0.251 e. The van der Waals surface area contributed by atoms with Gasteiger partial charge in [-0.05, 0) is 32.4 Å². The molecular formula is C12H17BrN2O. The topological polar surface area (TPSA) is 42.0 Å². The molecule has 0 saturated heterocycles. The maximum absolute atomic E-state index is 11.8. The van der Waals surface area contributed by atoms with E-state index in [1.807, 2.05) is 13.8 Å². The quantitative estimate of drug-likeness (QED) is 0.864. The van der Waals surface area contributed by atoms with Gasteiger partial charge in [-0.25, -0.2) is 0 Å². The highest BCUT2D eigenvalue weighted by atomic mass is 79.9. The molecule has 0 spiro atoms. The van der Waals surface area contributed by atoms with Gasteiger partial charge in [0, 0.05) is 28.3 Å². The normalized spacial score (nSPS) is 14.2. The van der Waals surface area contributed by atoms with Gasteiger partial charge in [-0.15, -0.1) is 0 Å². The van der Waals surface area contributed by atoms with Crippen LogP contribution in [-0.2, 0) is 0 Å². The van der Waals surface area contributed by atoms with Crippen molar-refractivity contribution in [2.45, 2.75) is 38.1 Å². The first-order valence-electron chi connectivity index (χ1n) is 5.36. The van der Waals surface area contributed by atoms with Gasteiger partial charge in [0.2, 0.25) is 0 Å². The number of aromatic nitrogens is 1. The van der Waals surface area contributed by atoms with Crippen LogP contribution in [0.5, 0.6) is 0 Å². The number of carbonyl (C=O) groups excluding carboxylic acids is 1. The Morgan fingerprint density at radius 3 is 2.81 bits per heavy atom. The van der Waals surface area contributed by atoms with Crippen molar-refractivity contribution >= 4 is 21.8 Å². The lowest BCUT2D eigenvalue weighted by atomic mass is 10.1. The van der Waals surface area contributed by atoms with E-state index in [1.54, 1.807) is 18.3 Å². The monoisotopic (exact) mass is 284 g/mol. The van der Waals surface area contributed by atoms with Gasteiger partial charge in [-0.3, -0.25) is 9.78 Å². The lowest BCUT2D eigenvalue weighted by Gasteiger charge is -2.15. The van der Waals surface area contributed by atoms with Crippen LogP contribution in [0.3, 0.4) is 0 Å². The number of rotatable bonds is 4. The van der Waals surface area contributed by atoms with Crippen LogP contribution in [0, 0.1) is 6.92 Å². The lowest BCUT2D eigenvalue weighted by Crippen LogP contribution is -2.33. The minimum absolute atomic E-state index is 0.0360. The lowest BCUT2D eigenvalue weighted by molar-refractivity contribution is 0.0938. The van der Waals surface area contributed by atoms with Crippen molar-refractivity contribution < 1.29 is 4.79 Å². The van der Waals surface area contributed by atoms with Gasteiger partial charge in [0.25, 0.3) is 5.91 Å². The molecule has 0 aromatic carbocycles. The number of alkyl halides is 1. The minimum Gasteiger partial charge on any atom is -0.350 e. The van der Waals surface area contributed by atoms with Gasteiger partial charge in [-0.1, -0.05) is 22.9 Å². The zero-order valence-electron chi connectivity index (χ0n) is 9.83. The minimum atomic E-state index is -0.0360. The summed E-state index contributed by atoms with van der Waals surface area (Å²) >= 11 is 3.47. The molecule has 0 aliphatic rings. The fourth-order valence-corrected chi connectivity index (χ4v) is 2.10. The van der Waals surface area contributed by atoms with E-state index in [9.17, 15) is 4.79 Å². The summed E-state index contributed by atoms with van der Waals surface area (Å²) < 4.78 is 0. The molecule has 1 rings (SSSR count). The van der Waals surface area contributed by atoms with Crippen molar-refractivity contribution in [1.82, 2.24) is 10.3 Å². The van der Waals surface area contributed by atoms with E-state index in [0.29, 0.717) is 10.4 Å². The van der Waals surface area contributed by atoms with Crippen LogP contribution >= 0.6 is 15.9 Å². The third kappa shape index (κ3) is 4.31. The number of nitrogens with one attached hydrogen (secondary N) is 1. The number of amides is 1. The molecule has 0 fully saturated rings. The van der Waals surface area contributed by atoms with Gasteiger partial charge >= 0.3 is 0 Å². The van der Waals surface area contributed by atoms with Gasteiger partial charge in [0.05, 0.1) is 0 Å². The summed E-state index contributed by atoms with van der Waals surface area (Å²) in [6.45, 7) is 5.95. The molecular weight excluding hydrogens is 268 g/mol. The molecule has 16 heavy (non-hydrogen) atoms. The van der Waals surface area contributed by atoms with Crippen LogP contribution in [0.2, 0.25) is 0 Å². The second kappa shape index (κ2) is 5.99. The Morgan fingerprint density at radius 1 is 1.56 bits per heavy atom. The van der Waals surface area contributed by atoms with Crippen molar-refractivity contribution in [2.24, 2.45) is 0 Å². The van der Waals surface area contributed by atoms with E-state index < -0.39 is 0 Å². The molecule has 1 N–H and O–H groups in total. The van der Waals surface area contributed by atoms with Crippen molar-refractivity contribution in [1.29, 1.82) is 0 Å². The fourth-order valence-electron chi connectivity index (χ4n) is 1.54. The fraction of sp³-hybridized carbons (Fsp3) is 0.500. The molecule has 2 unspecified atom stereocenters. The molecule has 2 atom stereocenters. The van der Waals surface area contributed by atoms with Crippen molar-refractivity contribution in [3.05, 3.63) is 29.6 Å². The molecule has 0 saturated carbocycles. The number of pyridine rings is 1. The summed E-state index contributed by atoms with van der Waals surface area (Å²) in [6.07, 6.45) is 2.57. The summed E-state index contributed by atoms with van der Waals surface area (Å²) in [5.74, 6) is -0.0360. The molecule has 1 amide bonds. The predicted molar refractivity (Wildman–Crippen MR) is 68.9 cm³/mol.